The molecular formula is C20H21BrN4O2. The Labute approximate surface area is 166 Å². The van der Waals surface area contributed by atoms with Gasteiger partial charge in [0.25, 0.3) is 5.91 Å². The highest BCUT2D eigenvalue weighted by molar-refractivity contribution is 9.10. The summed E-state index contributed by atoms with van der Waals surface area (Å²) in [5.74, 6) is 0.806. The first-order valence-electron chi connectivity index (χ1n) is 8.74. The molecule has 27 heavy (non-hydrogen) atoms. The summed E-state index contributed by atoms with van der Waals surface area (Å²) in [6.07, 6.45) is 4.27. The first-order chi connectivity index (χ1) is 13.1. The molecule has 1 unspecified atom stereocenters. The van der Waals surface area contributed by atoms with Crippen molar-refractivity contribution in [1.82, 2.24) is 14.8 Å². The summed E-state index contributed by atoms with van der Waals surface area (Å²) in [4.78, 5) is 12.2. The largest absolute Gasteiger partial charge is 0.482 e. The van der Waals surface area contributed by atoms with Gasteiger partial charge in [-0.05, 0) is 54.3 Å². The summed E-state index contributed by atoms with van der Waals surface area (Å²) < 4.78 is 8.53. The van der Waals surface area contributed by atoms with E-state index in [0.29, 0.717) is 11.7 Å². The third kappa shape index (κ3) is 4.95. The van der Waals surface area contributed by atoms with Crippen LogP contribution in [0.2, 0.25) is 0 Å². The normalized spacial score (nSPS) is 11.8. The average Bonchev–Trinajstić information content (AvgIpc) is 3.22. The Morgan fingerprint density at radius 2 is 1.89 bits per heavy atom. The van der Waals surface area contributed by atoms with Crippen LogP contribution in [-0.4, -0.2) is 27.3 Å². The molecule has 2 aromatic carbocycles. The zero-order chi connectivity index (χ0) is 19.2. The van der Waals surface area contributed by atoms with Gasteiger partial charge in [0.1, 0.15) is 18.4 Å². The molecule has 0 saturated carbocycles. The Morgan fingerprint density at radius 3 is 2.56 bits per heavy atom. The molecule has 0 aliphatic heterocycles. The van der Waals surface area contributed by atoms with Crippen molar-refractivity contribution in [2.75, 3.05) is 11.9 Å². The molecule has 0 saturated heterocycles. The zero-order valence-corrected chi connectivity index (χ0v) is 16.8. The Balaban J connectivity index is 1.73. The summed E-state index contributed by atoms with van der Waals surface area (Å²) in [5, 5.41) is 10.5. The highest BCUT2D eigenvalue weighted by atomic mass is 79.9. The Morgan fingerprint density at radius 1 is 1.19 bits per heavy atom. The predicted molar refractivity (Wildman–Crippen MR) is 108 cm³/mol. The van der Waals surface area contributed by atoms with Crippen LogP contribution in [0.5, 0.6) is 5.75 Å². The lowest BCUT2D eigenvalue weighted by atomic mass is 9.98. The van der Waals surface area contributed by atoms with Crippen LogP contribution in [0, 0.1) is 0 Å². The fourth-order valence-corrected chi connectivity index (χ4v) is 2.86. The topological polar surface area (TPSA) is 69.0 Å². The number of rotatable bonds is 7. The van der Waals surface area contributed by atoms with E-state index in [2.05, 4.69) is 51.4 Å². The Kier molecular flexibility index (Phi) is 6.24. The number of carbonyl (C=O) groups is 1. The molecule has 0 aliphatic rings. The van der Waals surface area contributed by atoms with Crippen molar-refractivity contribution in [3.05, 3.63) is 65.2 Å². The van der Waals surface area contributed by atoms with E-state index in [1.54, 1.807) is 17.2 Å². The molecule has 1 heterocycles. The summed E-state index contributed by atoms with van der Waals surface area (Å²) in [6.45, 7) is 4.24. The molecule has 6 nitrogen and oxygen atoms in total. The summed E-state index contributed by atoms with van der Waals surface area (Å²) >= 11 is 3.37. The van der Waals surface area contributed by atoms with E-state index in [9.17, 15) is 4.79 Å². The molecule has 3 rings (SSSR count). The monoisotopic (exact) mass is 428 g/mol. The second kappa shape index (κ2) is 8.81. The molecule has 0 radical (unpaired) electrons. The van der Waals surface area contributed by atoms with Crippen LogP contribution in [0.15, 0.2) is 59.6 Å². The molecule has 0 aliphatic carbocycles. The Bertz CT molecular complexity index is 895. The van der Waals surface area contributed by atoms with E-state index in [1.165, 1.54) is 5.56 Å². The molecule has 3 aromatic rings. The van der Waals surface area contributed by atoms with E-state index in [4.69, 9.17) is 4.74 Å². The van der Waals surface area contributed by atoms with Crippen LogP contribution >= 0.6 is 15.9 Å². The highest BCUT2D eigenvalue weighted by Crippen LogP contribution is 2.28. The van der Waals surface area contributed by atoms with Crippen LogP contribution < -0.4 is 10.1 Å². The second-order valence-electron chi connectivity index (χ2n) is 6.25. The van der Waals surface area contributed by atoms with Gasteiger partial charge in [0, 0.05) is 10.2 Å². The smallest absolute Gasteiger partial charge is 0.262 e. The van der Waals surface area contributed by atoms with Gasteiger partial charge in [0.05, 0.1) is 5.69 Å². The third-order valence-corrected chi connectivity index (χ3v) is 4.88. The fourth-order valence-electron chi connectivity index (χ4n) is 2.60. The maximum atomic E-state index is 12.2. The van der Waals surface area contributed by atoms with Gasteiger partial charge in [-0.2, -0.15) is 0 Å². The molecule has 7 heteroatoms. The lowest BCUT2D eigenvalue weighted by Crippen LogP contribution is -2.20. The number of carbonyl (C=O) groups excluding carboxylic acids is 1. The number of amides is 1. The number of benzene rings is 2. The van der Waals surface area contributed by atoms with E-state index in [-0.39, 0.29) is 12.5 Å². The number of nitrogens with one attached hydrogen (secondary N) is 1. The highest BCUT2D eigenvalue weighted by Gasteiger charge is 2.12. The quantitative estimate of drug-likeness (QED) is 0.598. The Hall–Kier alpha value is -2.67. The number of hydrogen-bond donors (Lipinski definition) is 1. The maximum Gasteiger partial charge on any atom is 0.262 e. The molecule has 1 N–H and O–H groups in total. The van der Waals surface area contributed by atoms with Crippen LogP contribution in [0.4, 0.5) is 5.69 Å². The minimum atomic E-state index is -0.224. The van der Waals surface area contributed by atoms with Crippen molar-refractivity contribution >= 4 is 27.5 Å². The van der Waals surface area contributed by atoms with Crippen LogP contribution in [0.1, 0.15) is 31.7 Å². The number of halogens is 1. The standard InChI is InChI=1S/C20H21BrN4O2/c1-3-14(2)15-4-9-19(18(10-15)25-12-22-23-13-25)27-11-20(26)24-17-7-5-16(21)6-8-17/h4-10,12-14H,3,11H2,1-2H3,(H,24,26). The number of aromatic nitrogens is 3. The van der Waals surface area contributed by atoms with Gasteiger partial charge in [-0.3, -0.25) is 9.36 Å². The summed E-state index contributed by atoms with van der Waals surface area (Å²) in [7, 11) is 0. The summed E-state index contributed by atoms with van der Waals surface area (Å²) in [5.41, 5.74) is 2.74. The molecule has 0 bridgehead atoms. The van der Waals surface area contributed by atoms with Crippen molar-refractivity contribution in [3.63, 3.8) is 0 Å². The van der Waals surface area contributed by atoms with E-state index in [0.717, 1.165) is 22.3 Å². The van der Waals surface area contributed by atoms with Gasteiger partial charge in [0.15, 0.2) is 6.61 Å². The van der Waals surface area contributed by atoms with Gasteiger partial charge < -0.3 is 10.1 Å². The molecule has 0 spiro atoms. The molecular weight excluding hydrogens is 408 g/mol. The van der Waals surface area contributed by atoms with Crippen molar-refractivity contribution in [2.45, 2.75) is 26.2 Å². The number of anilines is 1. The molecule has 0 fully saturated rings. The van der Waals surface area contributed by atoms with Crippen LogP contribution in [0.25, 0.3) is 5.69 Å². The lowest BCUT2D eigenvalue weighted by Gasteiger charge is -2.16. The van der Waals surface area contributed by atoms with Crippen LogP contribution in [-0.2, 0) is 4.79 Å². The van der Waals surface area contributed by atoms with Gasteiger partial charge in [-0.15, -0.1) is 10.2 Å². The van der Waals surface area contributed by atoms with Gasteiger partial charge in [0.2, 0.25) is 0 Å². The minimum Gasteiger partial charge on any atom is -0.482 e. The third-order valence-electron chi connectivity index (χ3n) is 4.35. The van der Waals surface area contributed by atoms with Crippen molar-refractivity contribution in [2.24, 2.45) is 0 Å². The van der Waals surface area contributed by atoms with Gasteiger partial charge >= 0.3 is 0 Å². The maximum absolute atomic E-state index is 12.2. The first-order valence-corrected chi connectivity index (χ1v) is 9.53. The molecule has 140 valence electrons. The molecule has 1 aromatic heterocycles. The fraction of sp³-hybridized carbons (Fsp3) is 0.250. The number of nitrogens with zero attached hydrogens (tertiary/aromatic N) is 3. The summed E-state index contributed by atoms with van der Waals surface area (Å²) in [6, 6.07) is 13.4. The van der Waals surface area contributed by atoms with Gasteiger partial charge in [-0.1, -0.05) is 35.8 Å². The van der Waals surface area contributed by atoms with E-state index >= 15 is 0 Å². The minimum absolute atomic E-state index is 0.0894. The molecule has 1 amide bonds. The lowest BCUT2D eigenvalue weighted by molar-refractivity contribution is -0.118. The van der Waals surface area contributed by atoms with Crippen molar-refractivity contribution in [1.29, 1.82) is 0 Å². The van der Waals surface area contributed by atoms with E-state index in [1.807, 2.05) is 36.4 Å². The predicted octanol–water partition coefficient (Wildman–Crippen LogP) is 4.56. The average molecular weight is 429 g/mol. The SMILES string of the molecule is CCC(C)c1ccc(OCC(=O)Nc2ccc(Br)cc2)c(-n2cnnc2)c1. The molecule has 1 atom stereocenters. The number of hydrogen-bond acceptors (Lipinski definition) is 4. The zero-order valence-electron chi connectivity index (χ0n) is 15.2. The van der Waals surface area contributed by atoms with Crippen molar-refractivity contribution in [3.8, 4) is 11.4 Å². The number of ether oxygens (including phenoxy) is 1. The van der Waals surface area contributed by atoms with Crippen LogP contribution in [0.3, 0.4) is 0 Å². The van der Waals surface area contributed by atoms with Crippen molar-refractivity contribution < 1.29 is 9.53 Å². The van der Waals surface area contributed by atoms with E-state index < -0.39 is 0 Å². The second-order valence-corrected chi connectivity index (χ2v) is 7.17. The van der Waals surface area contributed by atoms with Gasteiger partial charge in [-0.25, -0.2) is 0 Å². The first kappa shape index (κ1) is 19.1.